The molecule has 1 N–H and O–H groups in total. The Kier molecular flexibility index (Phi) is 5.40. The summed E-state index contributed by atoms with van der Waals surface area (Å²) in [5.74, 6) is 0.127. The van der Waals surface area contributed by atoms with Crippen LogP contribution in [0.15, 0.2) is 24.3 Å². The first-order chi connectivity index (χ1) is 9.58. The molecule has 1 fully saturated rings. The molecule has 5 heteroatoms. The number of carbonyl (C=O) groups is 1. The lowest BCUT2D eigenvalue weighted by Crippen LogP contribution is -2.49. The van der Waals surface area contributed by atoms with Crippen molar-refractivity contribution in [2.75, 3.05) is 26.3 Å². The lowest BCUT2D eigenvalue weighted by molar-refractivity contribution is -0.137. The van der Waals surface area contributed by atoms with Crippen LogP contribution >= 0.6 is 11.6 Å². The minimum absolute atomic E-state index is 0.0775. The highest BCUT2D eigenvalue weighted by atomic mass is 35.5. The molecule has 0 aromatic heterocycles. The van der Waals surface area contributed by atoms with Crippen molar-refractivity contribution in [3.8, 4) is 0 Å². The van der Waals surface area contributed by atoms with Gasteiger partial charge in [-0.3, -0.25) is 10.1 Å². The molecule has 1 aromatic rings. The van der Waals surface area contributed by atoms with Crippen molar-refractivity contribution in [1.29, 1.82) is 0 Å². The SMILES string of the molecule is C[C@H](N[C@H](C)c1cccc(Cl)c1)C(=O)N1CCOCC1. The summed E-state index contributed by atoms with van der Waals surface area (Å²) in [4.78, 5) is 14.2. The summed E-state index contributed by atoms with van der Waals surface area (Å²) in [7, 11) is 0. The van der Waals surface area contributed by atoms with Gasteiger partial charge in [-0.25, -0.2) is 0 Å². The first-order valence-corrected chi connectivity index (χ1v) is 7.34. The van der Waals surface area contributed by atoms with E-state index in [1.807, 2.05) is 43.0 Å². The Bertz CT molecular complexity index is 461. The number of hydrogen-bond acceptors (Lipinski definition) is 3. The van der Waals surface area contributed by atoms with Gasteiger partial charge in [0.05, 0.1) is 19.3 Å². The number of carbonyl (C=O) groups excluding carboxylic acids is 1. The van der Waals surface area contributed by atoms with Gasteiger partial charge in [-0.1, -0.05) is 23.7 Å². The van der Waals surface area contributed by atoms with Crippen LogP contribution in [0.1, 0.15) is 25.5 Å². The Hall–Kier alpha value is -1.10. The molecule has 4 nitrogen and oxygen atoms in total. The fourth-order valence-corrected chi connectivity index (χ4v) is 2.57. The average molecular weight is 297 g/mol. The second-order valence-corrected chi connectivity index (χ2v) is 5.54. The number of morpholine rings is 1. The van der Waals surface area contributed by atoms with Crippen LogP contribution in [0.25, 0.3) is 0 Å². The molecule has 1 heterocycles. The lowest BCUT2D eigenvalue weighted by atomic mass is 10.1. The van der Waals surface area contributed by atoms with Crippen LogP contribution in [0.5, 0.6) is 0 Å². The maximum absolute atomic E-state index is 12.3. The van der Waals surface area contributed by atoms with Gasteiger partial charge in [0.2, 0.25) is 5.91 Å². The van der Waals surface area contributed by atoms with E-state index in [1.54, 1.807) is 0 Å². The van der Waals surface area contributed by atoms with E-state index in [0.717, 1.165) is 5.56 Å². The minimum atomic E-state index is -0.220. The van der Waals surface area contributed by atoms with Crippen molar-refractivity contribution in [2.24, 2.45) is 0 Å². The molecular weight excluding hydrogens is 276 g/mol. The molecule has 1 aromatic carbocycles. The van der Waals surface area contributed by atoms with E-state index >= 15 is 0 Å². The van der Waals surface area contributed by atoms with Gasteiger partial charge in [0.1, 0.15) is 0 Å². The number of ether oxygens (including phenoxy) is 1. The zero-order chi connectivity index (χ0) is 14.5. The number of halogens is 1. The molecular formula is C15H21ClN2O2. The van der Waals surface area contributed by atoms with E-state index in [-0.39, 0.29) is 18.0 Å². The minimum Gasteiger partial charge on any atom is -0.378 e. The van der Waals surface area contributed by atoms with Gasteiger partial charge in [0, 0.05) is 24.2 Å². The number of nitrogens with one attached hydrogen (secondary N) is 1. The monoisotopic (exact) mass is 296 g/mol. The zero-order valence-electron chi connectivity index (χ0n) is 11.9. The Morgan fingerprint density at radius 1 is 1.35 bits per heavy atom. The van der Waals surface area contributed by atoms with E-state index in [1.165, 1.54) is 0 Å². The number of benzene rings is 1. The summed E-state index contributed by atoms with van der Waals surface area (Å²) >= 11 is 5.99. The van der Waals surface area contributed by atoms with Crippen molar-refractivity contribution < 1.29 is 9.53 Å². The van der Waals surface area contributed by atoms with Gasteiger partial charge in [-0.05, 0) is 31.5 Å². The van der Waals surface area contributed by atoms with E-state index in [2.05, 4.69) is 5.32 Å². The summed E-state index contributed by atoms with van der Waals surface area (Å²) in [5.41, 5.74) is 1.08. The third-order valence-electron chi connectivity index (χ3n) is 3.54. The van der Waals surface area contributed by atoms with Crippen LogP contribution in [0, 0.1) is 0 Å². The van der Waals surface area contributed by atoms with Crippen molar-refractivity contribution in [2.45, 2.75) is 25.9 Å². The largest absolute Gasteiger partial charge is 0.378 e. The smallest absolute Gasteiger partial charge is 0.239 e. The van der Waals surface area contributed by atoms with Gasteiger partial charge in [0.15, 0.2) is 0 Å². The number of rotatable bonds is 4. The zero-order valence-corrected chi connectivity index (χ0v) is 12.7. The van der Waals surface area contributed by atoms with Gasteiger partial charge in [0.25, 0.3) is 0 Å². The second kappa shape index (κ2) is 7.07. The third kappa shape index (κ3) is 3.95. The normalized spacial score (nSPS) is 18.6. The van der Waals surface area contributed by atoms with Crippen LogP contribution in [-0.2, 0) is 9.53 Å². The van der Waals surface area contributed by atoms with Crippen LogP contribution in [0.4, 0.5) is 0 Å². The fourth-order valence-electron chi connectivity index (χ4n) is 2.38. The summed E-state index contributed by atoms with van der Waals surface area (Å²) in [6, 6.07) is 7.56. The highest BCUT2D eigenvalue weighted by Gasteiger charge is 2.23. The first-order valence-electron chi connectivity index (χ1n) is 6.96. The second-order valence-electron chi connectivity index (χ2n) is 5.10. The summed E-state index contributed by atoms with van der Waals surface area (Å²) < 4.78 is 5.26. The van der Waals surface area contributed by atoms with E-state index < -0.39 is 0 Å². The Morgan fingerprint density at radius 2 is 2.05 bits per heavy atom. The molecule has 1 saturated heterocycles. The van der Waals surface area contributed by atoms with Crippen molar-refractivity contribution in [3.63, 3.8) is 0 Å². The van der Waals surface area contributed by atoms with Crippen molar-refractivity contribution >= 4 is 17.5 Å². The molecule has 1 amide bonds. The van der Waals surface area contributed by atoms with Gasteiger partial charge in [-0.15, -0.1) is 0 Å². The maximum atomic E-state index is 12.3. The van der Waals surface area contributed by atoms with Gasteiger partial charge < -0.3 is 9.64 Å². The maximum Gasteiger partial charge on any atom is 0.239 e. The molecule has 0 radical (unpaired) electrons. The van der Waals surface area contributed by atoms with Crippen LogP contribution in [-0.4, -0.2) is 43.2 Å². The highest BCUT2D eigenvalue weighted by Crippen LogP contribution is 2.18. The molecule has 2 atom stereocenters. The molecule has 0 saturated carbocycles. The Morgan fingerprint density at radius 3 is 2.70 bits per heavy atom. The van der Waals surface area contributed by atoms with Gasteiger partial charge in [-0.2, -0.15) is 0 Å². The van der Waals surface area contributed by atoms with Crippen LogP contribution < -0.4 is 5.32 Å². The lowest BCUT2D eigenvalue weighted by Gasteiger charge is -2.30. The van der Waals surface area contributed by atoms with E-state index in [4.69, 9.17) is 16.3 Å². The summed E-state index contributed by atoms with van der Waals surface area (Å²) in [6.07, 6.45) is 0. The molecule has 0 unspecified atom stereocenters. The molecule has 1 aliphatic rings. The van der Waals surface area contributed by atoms with Crippen LogP contribution in [0.2, 0.25) is 5.02 Å². The molecule has 0 spiro atoms. The summed E-state index contributed by atoms with van der Waals surface area (Å²) in [5, 5.41) is 4.04. The Balaban J connectivity index is 1.92. The predicted molar refractivity (Wildman–Crippen MR) is 79.9 cm³/mol. The van der Waals surface area contributed by atoms with E-state index in [9.17, 15) is 4.79 Å². The van der Waals surface area contributed by atoms with Gasteiger partial charge >= 0.3 is 0 Å². The standard InChI is InChI=1S/C15H21ClN2O2/c1-11(13-4-3-5-14(16)10-13)17-12(2)15(19)18-6-8-20-9-7-18/h3-5,10-12,17H,6-9H2,1-2H3/t11-,12+/m1/s1. The van der Waals surface area contributed by atoms with E-state index in [0.29, 0.717) is 31.3 Å². The average Bonchev–Trinajstić information content (AvgIpc) is 2.47. The number of amides is 1. The molecule has 0 aliphatic carbocycles. The van der Waals surface area contributed by atoms with Crippen molar-refractivity contribution in [1.82, 2.24) is 10.2 Å². The van der Waals surface area contributed by atoms with Crippen molar-refractivity contribution in [3.05, 3.63) is 34.9 Å². The van der Waals surface area contributed by atoms with Crippen LogP contribution in [0.3, 0.4) is 0 Å². The molecule has 20 heavy (non-hydrogen) atoms. The number of hydrogen-bond donors (Lipinski definition) is 1. The topological polar surface area (TPSA) is 41.6 Å². The third-order valence-corrected chi connectivity index (χ3v) is 3.78. The predicted octanol–water partition coefficient (Wildman–Crippen LogP) is 2.24. The fraction of sp³-hybridized carbons (Fsp3) is 0.533. The molecule has 110 valence electrons. The Labute approximate surface area is 125 Å². The summed E-state index contributed by atoms with van der Waals surface area (Å²) in [6.45, 7) is 6.55. The molecule has 2 rings (SSSR count). The molecule has 0 bridgehead atoms. The highest BCUT2D eigenvalue weighted by molar-refractivity contribution is 6.30. The number of nitrogens with zero attached hydrogens (tertiary/aromatic N) is 1. The quantitative estimate of drug-likeness (QED) is 0.926. The first kappa shape index (κ1) is 15.3. The molecule has 1 aliphatic heterocycles.